The van der Waals surface area contributed by atoms with Crippen molar-refractivity contribution in [3.63, 3.8) is 0 Å². The van der Waals surface area contributed by atoms with Crippen LogP contribution in [0.2, 0.25) is 0 Å². The van der Waals surface area contributed by atoms with Gasteiger partial charge in [0, 0.05) is 6.61 Å². The molecule has 1 unspecified atom stereocenters. The molecule has 0 heterocycles. The Hall–Kier alpha value is -0.900. The molecule has 0 spiro atoms. The summed E-state index contributed by atoms with van der Waals surface area (Å²) < 4.78 is 5.77. The van der Waals surface area contributed by atoms with Crippen molar-refractivity contribution < 1.29 is 4.74 Å². The molecule has 19 heavy (non-hydrogen) atoms. The van der Waals surface area contributed by atoms with Gasteiger partial charge in [0.2, 0.25) is 0 Å². The monoisotopic (exact) mass is 264 g/mol. The molecule has 108 valence electrons. The molecular formula is C16H28N2O. The maximum atomic E-state index is 5.77. The lowest BCUT2D eigenvalue weighted by molar-refractivity contribution is -0.0380. The van der Waals surface area contributed by atoms with Gasteiger partial charge in [0.05, 0.1) is 11.6 Å². The fraction of sp³-hybridized carbons (Fsp3) is 0.625. The molecule has 1 aromatic rings. The number of hydrogen-bond donors (Lipinski definition) is 2. The highest BCUT2D eigenvalue weighted by molar-refractivity contribution is 5.25. The number of benzene rings is 1. The quantitative estimate of drug-likeness (QED) is 0.588. The number of hydrogen-bond acceptors (Lipinski definition) is 3. The van der Waals surface area contributed by atoms with Gasteiger partial charge in [-0.2, -0.15) is 0 Å². The summed E-state index contributed by atoms with van der Waals surface area (Å²) in [5, 5.41) is 0. The Morgan fingerprint density at radius 2 is 1.79 bits per heavy atom. The van der Waals surface area contributed by atoms with Crippen LogP contribution in [0.4, 0.5) is 0 Å². The normalized spacial score (nSPS) is 13.8. The number of nitrogens with one attached hydrogen (secondary N) is 1. The highest BCUT2D eigenvalue weighted by Crippen LogP contribution is 2.20. The number of rotatable bonds is 7. The third-order valence-electron chi connectivity index (χ3n) is 3.64. The molecule has 3 heteroatoms. The van der Waals surface area contributed by atoms with Crippen LogP contribution in [0.15, 0.2) is 24.3 Å². The van der Waals surface area contributed by atoms with Crippen molar-refractivity contribution in [3.05, 3.63) is 35.4 Å². The minimum atomic E-state index is -0.278. The van der Waals surface area contributed by atoms with Gasteiger partial charge in [-0.1, -0.05) is 38.1 Å². The molecule has 0 aliphatic heterocycles. The van der Waals surface area contributed by atoms with E-state index >= 15 is 0 Å². The minimum absolute atomic E-state index is 0.0948. The fourth-order valence-electron chi connectivity index (χ4n) is 2.25. The van der Waals surface area contributed by atoms with Crippen molar-refractivity contribution >= 4 is 0 Å². The zero-order valence-electron chi connectivity index (χ0n) is 12.9. The van der Waals surface area contributed by atoms with E-state index in [2.05, 4.69) is 57.4 Å². The molecule has 1 atom stereocenters. The van der Waals surface area contributed by atoms with Gasteiger partial charge in [-0.15, -0.1) is 0 Å². The Labute approximate surface area is 117 Å². The van der Waals surface area contributed by atoms with Gasteiger partial charge < -0.3 is 4.74 Å². The fourth-order valence-corrected chi connectivity index (χ4v) is 2.25. The standard InChI is InChI=1S/C16H28N2O/c1-6-19-16(4,5)15(18-17)11-13-7-9-14(10-8-13)12(2)3/h7-10,12,15,18H,6,11,17H2,1-5H3. The number of ether oxygens (including phenoxy) is 1. The van der Waals surface area contributed by atoms with E-state index in [1.165, 1.54) is 11.1 Å². The van der Waals surface area contributed by atoms with Crippen molar-refractivity contribution in [2.75, 3.05) is 6.61 Å². The van der Waals surface area contributed by atoms with Crippen LogP contribution in [-0.2, 0) is 11.2 Å². The van der Waals surface area contributed by atoms with Crippen LogP contribution < -0.4 is 11.3 Å². The molecule has 0 fully saturated rings. The van der Waals surface area contributed by atoms with Crippen molar-refractivity contribution in [2.45, 2.75) is 58.6 Å². The van der Waals surface area contributed by atoms with Crippen molar-refractivity contribution in [1.29, 1.82) is 0 Å². The van der Waals surface area contributed by atoms with Crippen LogP contribution in [0, 0.1) is 0 Å². The van der Waals surface area contributed by atoms with E-state index in [-0.39, 0.29) is 11.6 Å². The predicted octanol–water partition coefficient (Wildman–Crippen LogP) is 3.00. The number of nitrogens with two attached hydrogens (primary N) is 1. The summed E-state index contributed by atoms with van der Waals surface area (Å²) in [5.74, 6) is 6.25. The molecule has 3 nitrogen and oxygen atoms in total. The lowest BCUT2D eigenvalue weighted by Gasteiger charge is -2.33. The van der Waals surface area contributed by atoms with Crippen LogP contribution in [0.5, 0.6) is 0 Å². The lowest BCUT2D eigenvalue weighted by Crippen LogP contribution is -2.52. The van der Waals surface area contributed by atoms with Crippen LogP contribution in [-0.4, -0.2) is 18.2 Å². The maximum Gasteiger partial charge on any atom is 0.0795 e. The Bertz CT molecular complexity index is 371. The smallest absolute Gasteiger partial charge is 0.0795 e. The molecule has 0 aromatic heterocycles. The summed E-state index contributed by atoms with van der Waals surface area (Å²) in [7, 11) is 0. The summed E-state index contributed by atoms with van der Waals surface area (Å²) in [6.45, 7) is 11.3. The van der Waals surface area contributed by atoms with E-state index in [4.69, 9.17) is 10.6 Å². The first-order chi connectivity index (χ1) is 8.90. The highest BCUT2D eigenvalue weighted by atomic mass is 16.5. The van der Waals surface area contributed by atoms with Crippen molar-refractivity contribution in [2.24, 2.45) is 5.84 Å². The Morgan fingerprint density at radius 3 is 2.21 bits per heavy atom. The van der Waals surface area contributed by atoms with Crippen molar-refractivity contribution in [1.82, 2.24) is 5.43 Å². The van der Waals surface area contributed by atoms with Gasteiger partial charge >= 0.3 is 0 Å². The molecule has 0 saturated carbocycles. The molecule has 0 radical (unpaired) electrons. The zero-order valence-corrected chi connectivity index (χ0v) is 12.9. The summed E-state index contributed by atoms with van der Waals surface area (Å²) in [5.41, 5.74) is 5.25. The molecule has 0 bridgehead atoms. The first kappa shape index (κ1) is 16.2. The van der Waals surface area contributed by atoms with E-state index in [1.54, 1.807) is 0 Å². The highest BCUT2D eigenvalue weighted by Gasteiger charge is 2.29. The van der Waals surface area contributed by atoms with Crippen LogP contribution >= 0.6 is 0 Å². The van der Waals surface area contributed by atoms with E-state index in [9.17, 15) is 0 Å². The molecule has 1 aromatic carbocycles. The van der Waals surface area contributed by atoms with E-state index < -0.39 is 0 Å². The molecule has 0 aliphatic carbocycles. The van der Waals surface area contributed by atoms with Crippen molar-refractivity contribution in [3.8, 4) is 0 Å². The molecule has 3 N–H and O–H groups in total. The largest absolute Gasteiger partial charge is 0.374 e. The second-order valence-electron chi connectivity index (χ2n) is 5.86. The Morgan fingerprint density at radius 1 is 1.21 bits per heavy atom. The van der Waals surface area contributed by atoms with Gasteiger partial charge in [0.25, 0.3) is 0 Å². The van der Waals surface area contributed by atoms with Crippen LogP contribution in [0.25, 0.3) is 0 Å². The van der Waals surface area contributed by atoms with Gasteiger partial charge in [0.1, 0.15) is 0 Å². The molecule has 0 saturated heterocycles. The Balaban J connectivity index is 2.75. The SMILES string of the molecule is CCOC(C)(C)C(Cc1ccc(C(C)C)cc1)NN. The Kier molecular flexibility index (Phi) is 5.98. The molecule has 0 aliphatic rings. The number of hydrazine groups is 1. The van der Waals surface area contributed by atoms with Gasteiger partial charge in [0.15, 0.2) is 0 Å². The van der Waals surface area contributed by atoms with Gasteiger partial charge in [-0.25, -0.2) is 0 Å². The summed E-state index contributed by atoms with van der Waals surface area (Å²) >= 11 is 0. The van der Waals surface area contributed by atoms with E-state index in [0.717, 1.165) is 6.42 Å². The van der Waals surface area contributed by atoms with Crippen LogP contribution in [0.3, 0.4) is 0 Å². The third-order valence-corrected chi connectivity index (χ3v) is 3.64. The zero-order chi connectivity index (χ0) is 14.5. The third kappa shape index (κ3) is 4.60. The topological polar surface area (TPSA) is 47.3 Å². The summed E-state index contributed by atoms with van der Waals surface area (Å²) in [6.07, 6.45) is 0.863. The van der Waals surface area contributed by atoms with Gasteiger partial charge in [-0.3, -0.25) is 11.3 Å². The second-order valence-corrected chi connectivity index (χ2v) is 5.86. The first-order valence-corrected chi connectivity index (χ1v) is 7.09. The van der Waals surface area contributed by atoms with E-state index in [0.29, 0.717) is 12.5 Å². The van der Waals surface area contributed by atoms with E-state index in [1.807, 2.05) is 6.92 Å². The summed E-state index contributed by atoms with van der Waals surface area (Å²) in [4.78, 5) is 0. The molecule has 1 rings (SSSR count). The molecule has 0 amide bonds. The van der Waals surface area contributed by atoms with Crippen LogP contribution in [0.1, 0.15) is 51.7 Å². The second kappa shape index (κ2) is 7.04. The summed E-state index contributed by atoms with van der Waals surface area (Å²) in [6, 6.07) is 8.85. The average Bonchev–Trinajstić information content (AvgIpc) is 2.36. The minimum Gasteiger partial charge on any atom is -0.374 e. The maximum absolute atomic E-state index is 5.77. The lowest BCUT2D eigenvalue weighted by atomic mass is 9.91. The van der Waals surface area contributed by atoms with Gasteiger partial charge in [-0.05, 0) is 44.2 Å². The first-order valence-electron chi connectivity index (χ1n) is 7.09. The molecular weight excluding hydrogens is 236 g/mol. The predicted molar refractivity (Wildman–Crippen MR) is 81.1 cm³/mol. The average molecular weight is 264 g/mol.